The first-order chi connectivity index (χ1) is 14.1. The van der Waals surface area contributed by atoms with Crippen LogP contribution in [-0.2, 0) is 19.4 Å². The number of hydrogen-bond donors (Lipinski definition) is 2. The Bertz CT molecular complexity index is 1090. The standard InChI is InChI=1S/C21H24N4O3S/c1-13-4-5-14-16(11-13)29-20-18(14)19(26)22-17(23-20)12-24-6-8-25(9-7-24)21(27)15-3-2-10-28-15/h2-3,10,13H,4-9,11-12H2,1H3,(H,22,23,26)/p+1/t13-/m1/s1. The van der Waals surface area contributed by atoms with Crippen LogP contribution < -0.4 is 10.5 Å². The number of piperazine rings is 1. The Morgan fingerprint density at radius 1 is 1.41 bits per heavy atom. The Morgan fingerprint density at radius 2 is 2.24 bits per heavy atom. The summed E-state index contributed by atoms with van der Waals surface area (Å²) >= 11 is 1.69. The Morgan fingerprint density at radius 3 is 3.00 bits per heavy atom. The van der Waals surface area contributed by atoms with Crippen LogP contribution in [0.15, 0.2) is 27.6 Å². The van der Waals surface area contributed by atoms with E-state index in [0.717, 1.165) is 48.4 Å². The monoisotopic (exact) mass is 413 g/mol. The molecule has 2 aliphatic rings. The number of fused-ring (bicyclic) bond motifs is 3. The highest BCUT2D eigenvalue weighted by Crippen LogP contribution is 2.35. The molecule has 2 N–H and O–H groups in total. The number of rotatable bonds is 3. The molecule has 1 fully saturated rings. The zero-order valence-electron chi connectivity index (χ0n) is 16.5. The van der Waals surface area contributed by atoms with Crippen LogP contribution in [0.5, 0.6) is 0 Å². The van der Waals surface area contributed by atoms with Crippen LogP contribution in [0.25, 0.3) is 10.2 Å². The quantitative estimate of drug-likeness (QED) is 0.677. The summed E-state index contributed by atoms with van der Waals surface area (Å²) in [4.78, 5) is 38.4. The van der Waals surface area contributed by atoms with Gasteiger partial charge in [0.05, 0.1) is 37.8 Å². The van der Waals surface area contributed by atoms with E-state index in [1.165, 1.54) is 21.6 Å². The van der Waals surface area contributed by atoms with Crippen molar-refractivity contribution < 1.29 is 14.1 Å². The highest BCUT2D eigenvalue weighted by atomic mass is 32.1. The topological polar surface area (TPSA) is 83.6 Å². The summed E-state index contributed by atoms with van der Waals surface area (Å²) in [7, 11) is 0. The minimum absolute atomic E-state index is 0.00286. The lowest BCUT2D eigenvalue weighted by atomic mass is 9.89. The number of hydrogen-bond acceptors (Lipinski definition) is 5. The van der Waals surface area contributed by atoms with E-state index >= 15 is 0 Å². The summed E-state index contributed by atoms with van der Waals surface area (Å²) in [6.07, 6.45) is 4.71. The molecule has 1 amide bonds. The van der Waals surface area contributed by atoms with Crippen LogP contribution in [0.4, 0.5) is 0 Å². The van der Waals surface area contributed by atoms with Gasteiger partial charge in [0.2, 0.25) is 0 Å². The molecule has 4 heterocycles. The van der Waals surface area contributed by atoms with Crippen molar-refractivity contribution in [1.82, 2.24) is 14.9 Å². The average Bonchev–Trinajstić information content (AvgIpc) is 3.35. The first kappa shape index (κ1) is 18.6. The fraction of sp³-hybridized carbons (Fsp3) is 0.476. The van der Waals surface area contributed by atoms with E-state index in [1.54, 1.807) is 23.5 Å². The molecule has 3 aromatic heterocycles. The molecule has 29 heavy (non-hydrogen) atoms. The fourth-order valence-corrected chi connectivity index (χ4v) is 5.88. The Labute approximate surface area is 172 Å². The number of amides is 1. The molecule has 1 aliphatic carbocycles. The average molecular weight is 414 g/mol. The first-order valence-corrected chi connectivity index (χ1v) is 11.1. The lowest BCUT2D eigenvalue weighted by Crippen LogP contribution is -3.13. The second-order valence-corrected chi connectivity index (χ2v) is 9.32. The zero-order valence-corrected chi connectivity index (χ0v) is 17.3. The van der Waals surface area contributed by atoms with Crippen LogP contribution in [-0.4, -0.2) is 47.0 Å². The molecule has 0 aromatic carbocycles. The van der Waals surface area contributed by atoms with Crippen molar-refractivity contribution in [2.45, 2.75) is 32.7 Å². The number of carbonyl (C=O) groups is 1. The Kier molecular flexibility index (Phi) is 4.75. The fourth-order valence-electron chi connectivity index (χ4n) is 4.47. The van der Waals surface area contributed by atoms with E-state index < -0.39 is 0 Å². The van der Waals surface area contributed by atoms with Gasteiger partial charge in [0.25, 0.3) is 11.5 Å². The van der Waals surface area contributed by atoms with Gasteiger partial charge in [-0.1, -0.05) is 6.92 Å². The van der Waals surface area contributed by atoms with Gasteiger partial charge in [-0.3, -0.25) is 9.59 Å². The van der Waals surface area contributed by atoms with Gasteiger partial charge in [0, 0.05) is 4.88 Å². The zero-order chi connectivity index (χ0) is 20.0. The van der Waals surface area contributed by atoms with E-state index in [2.05, 4.69) is 11.9 Å². The maximum absolute atomic E-state index is 12.8. The number of nitrogens with zero attached hydrogens (tertiary/aromatic N) is 2. The summed E-state index contributed by atoms with van der Waals surface area (Å²) in [5, 5.41) is 0.810. The summed E-state index contributed by atoms with van der Waals surface area (Å²) in [6.45, 7) is 5.95. The molecule has 152 valence electrons. The molecular formula is C21H25N4O3S+. The predicted octanol–water partition coefficient (Wildman–Crippen LogP) is 1.24. The number of quaternary nitrogens is 1. The molecule has 5 rings (SSSR count). The Balaban J connectivity index is 1.29. The summed E-state index contributed by atoms with van der Waals surface area (Å²) in [5.41, 5.74) is 1.23. The lowest BCUT2D eigenvalue weighted by Gasteiger charge is -2.31. The van der Waals surface area contributed by atoms with Gasteiger partial charge < -0.3 is 19.2 Å². The second-order valence-electron chi connectivity index (χ2n) is 8.24. The molecule has 0 bridgehead atoms. The van der Waals surface area contributed by atoms with Gasteiger partial charge in [-0.15, -0.1) is 11.3 Å². The molecule has 0 unspecified atom stereocenters. The molecule has 0 radical (unpaired) electrons. The van der Waals surface area contributed by atoms with Gasteiger partial charge in [0.15, 0.2) is 11.6 Å². The number of thiophene rings is 1. The molecule has 1 saturated heterocycles. The van der Waals surface area contributed by atoms with Crippen LogP contribution in [0.3, 0.4) is 0 Å². The van der Waals surface area contributed by atoms with Gasteiger partial charge >= 0.3 is 0 Å². The van der Waals surface area contributed by atoms with E-state index in [-0.39, 0.29) is 11.5 Å². The van der Waals surface area contributed by atoms with Crippen molar-refractivity contribution in [3.05, 3.63) is 50.8 Å². The van der Waals surface area contributed by atoms with E-state index in [1.807, 2.05) is 4.90 Å². The van der Waals surface area contributed by atoms with Crippen molar-refractivity contribution in [3.8, 4) is 0 Å². The van der Waals surface area contributed by atoms with Crippen molar-refractivity contribution >= 4 is 27.5 Å². The third-order valence-corrected chi connectivity index (χ3v) is 7.27. The van der Waals surface area contributed by atoms with E-state index in [4.69, 9.17) is 9.40 Å². The van der Waals surface area contributed by atoms with Crippen molar-refractivity contribution in [3.63, 3.8) is 0 Å². The number of carbonyl (C=O) groups excluding carboxylic acids is 1. The minimum Gasteiger partial charge on any atom is -0.459 e. The van der Waals surface area contributed by atoms with Crippen LogP contribution in [0.2, 0.25) is 0 Å². The van der Waals surface area contributed by atoms with E-state index in [9.17, 15) is 9.59 Å². The molecule has 8 heteroatoms. The minimum atomic E-state index is -0.0552. The third-order valence-electron chi connectivity index (χ3n) is 6.12. The first-order valence-electron chi connectivity index (χ1n) is 10.3. The highest BCUT2D eigenvalue weighted by Gasteiger charge is 2.27. The second kappa shape index (κ2) is 7.42. The smallest absolute Gasteiger partial charge is 0.289 e. The summed E-state index contributed by atoms with van der Waals surface area (Å²) in [5.74, 6) is 1.76. The molecule has 0 spiro atoms. The predicted molar refractivity (Wildman–Crippen MR) is 110 cm³/mol. The maximum Gasteiger partial charge on any atom is 0.289 e. The van der Waals surface area contributed by atoms with Gasteiger partial charge in [-0.2, -0.15) is 0 Å². The number of aromatic nitrogens is 2. The van der Waals surface area contributed by atoms with Gasteiger partial charge in [0.1, 0.15) is 11.4 Å². The third kappa shape index (κ3) is 3.51. The Hall–Kier alpha value is -2.45. The molecular weight excluding hydrogens is 388 g/mol. The van der Waals surface area contributed by atoms with Gasteiger partial charge in [-0.25, -0.2) is 4.98 Å². The highest BCUT2D eigenvalue weighted by molar-refractivity contribution is 7.18. The molecule has 7 nitrogen and oxygen atoms in total. The van der Waals surface area contributed by atoms with Crippen LogP contribution in [0.1, 0.15) is 40.2 Å². The largest absolute Gasteiger partial charge is 0.459 e. The lowest BCUT2D eigenvalue weighted by molar-refractivity contribution is -0.918. The number of furan rings is 1. The van der Waals surface area contributed by atoms with Crippen LogP contribution >= 0.6 is 11.3 Å². The molecule has 0 saturated carbocycles. The number of aryl methyl sites for hydroxylation is 1. The summed E-state index contributed by atoms with van der Waals surface area (Å²) < 4.78 is 5.22. The normalized spacial score (nSPS) is 20.2. The molecule has 1 atom stereocenters. The van der Waals surface area contributed by atoms with E-state index in [0.29, 0.717) is 31.3 Å². The number of nitrogens with one attached hydrogen (secondary N) is 2. The van der Waals surface area contributed by atoms with Crippen molar-refractivity contribution in [2.24, 2.45) is 5.92 Å². The van der Waals surface area contributed by atoms with Crippen molar-refractivity contribution in [2.75, 3.05) is 26.2 Å². The van der Waals surface area contributed by atoms with Gasteiger partial charge in [-0.05, 0) is 42.9 Å². The molecule has 1 aliphatic heterocycles. The number of aromatic amines is 1. The number of H-pyrrole nitrogens is 1. The maximum atomic E-state index is 12.8. The van der Waals surface area contributed by atoms with Crippen molar-refractivity contribution in [1.29, 1.82) is 0 Å². The SMILES string of the molecule is C[C@@H]1CCc2c(sc3nc(C[NH+]4CCN(C(=O)c5ccco5)CC4)[nH]c(=O)c23)C1. The summed E-state index contributed by atoms with van der Waals surface area (Å²) in [6, 6.07) is 3.43. The van der Waals surface area contributed by atoms with Crippen LogP contribution in [0, 0.1) is 5.92 Å². The molecule has 3 aromatic rings.